The second-order valence-electron chi connectivity index (χ2n) is 5.92. The van der Waals surface area contributed by atoms with Crippen molar-refractivity contribution >= 4 is 11.5 Å². The highest BCUT2D eigenvalue weighted by Gasteiger charge is 2.21. The molecule has 0 saturated heterocycles. The SMILES string of the molecule is c1ccc(CCn2cnc3c2CCN(Cc2csnn2)C3)cc1. The zero-order valence-electron chi connectivity index (χ0n) is 12.9. The predicted octanol–water partition coefficient (Wildman–Crippen LogP) is 2.54. The fraction of sp³-hybridized carbons (Fsp3) is 0.353. The number of rotatable bonds is 5. The molecule has 0 amide bonds. The molecule has 1 aliphatic heterocycles. The summed E-state index contributed by atoms with van der Waals surface area (Å²) in [7, 11) is 0. The fourth-order valence-electron chi connectivity index (χ4n) is 3.13. The highest BCUT2D eigenvalue weighted by Crippen LogP contribution is 2.20. The number of aryl methyl sites for hydroxylation is 2. The van der Waals surface area contributed by atoms with Crippen LogP contribution in [-0.2, 0) is 32.5 Å². The van der Waals surface area contributed by atoms with Crippen molar-refractivity contribution in [3.05, 3.63) is 64.7 Å². The van der Waals surface area contributed by atoms with Crippen LogP contribution in [0.15, 0.2) is 42.0 Å². The van der Waals surface area contributed by atoms with E-state index >= 15 is 0 Å². The maximum absolute atomic E-state index is 4.64. The van der Waals surface area contributed by atoms with Gasteiger partial charge in [0.05, 0.1) is 17.7 Å². The summed E-state index contributed by atoms with van der Waals surface area (Å²) in [5.41, 5.74) is 5.05. The minimum atomic E-state index is 0.868. The quantitative estimate of drug-likeness (QED) is 0.723. The van der Waals surface area contributed by atoms with Gasteiger partial charge in [0.15, 0.2) is 0 Å². The molecule has 23 heavy (non-hydrogen) atoms. The van der Waals surface area contributed by atoms with Crippen molar-refractivity contribution in [1.82, 2.24) is 24.0 Å². The van der Waals surface area contributed by atoms with Crippen LogP contribution in [-0.4, -0.2) is 30.6 Å². The van der Waals surface area contributed by atoms with Gasteiger partial charge in [0.25, 0.3) is 0 Å². The number of fused-ring (bicyclic) bond motifs is 1. The van der Waals surface area contributed by atoms with Crippen LogP contribution in [0.1, 0.15) is 22.6 Å². The Hall–Kier alpha value is -2.05. The van der Waals surface area contributed by atoms with Crippen LogP contribution in [0.3, 0.4) is 0 Å². The van der Waals surface area contributed by atoms with Gasteiger partial charge in [-0.2, -0.15) is 0 Å². The Balaban J connectivity index is 1.40. The minimum absolute atomic E-state index is 0.868. The molecule has 0 aliphatic carbocycles. The first-order valence-electron chi connectivity index (χ1n) is 7.93. The van der Waals surface area contributed by atoms with Crippen molar-refractivity contribution in [2.45, 2.75) is 32.5 Å². The molecule has 5 nitrogen and oxygen atoms in total. The summed E-state index contributed by atoms with van der Waals surface area (Å²) in [5.74, 6) is 0. The lowest BCUT2D eigenvalue weighted by Gasteiger charge is -2.26. The van der Waals surface area contributed by atoms with Gasteiger partial charge in [-0.1, -0.05) is 34.8 Å². The Morgan fingerprint density at radius 3 is 2.91 bits per heavy atom. The van der Waals surface area contributed by atoms with E-state index < -0.39 is 0 Å². The van der Waals surface area contributed by atoms with Gasteiger partial charge in [-0.3, -0.25) is 4.90 Å². The van der Waals surface area contributed by atoms with Gasteiger partial charge >= 0.3 is 0 Å². The van der Waals surface area contributed by atoms with Crippen LogP contribution in [0.5, 0.6) is 0 Å². The number of aromatic nitrogens is 4. The summed E-state index contributed by atoms with van der Waals surface area (Å²) in [6, 6.07) is 10.6. The van der Waals surface area contributed by atoms with E-state index in [2.05, 4.69) is 54.4 Å². The third kappa shape index (κ3) is 3.33. The van der Waals surface area contributed by atoms with Crippen LogP contribution in [0, 0.1) is 0 Å². The normalized spacial score (nSPS) is 14.8. The molecule has 0 saturated carbocycles. The number of hydrogen-bond acceptors (Lipinski definition) is 5. The van der Waals surface area contributed by atoms with Crippen molar-refractivity contribution in [3.8, 4) is 0 Å². The Morgan fingerprint density at radius 1 is 1.17 bits per heavy atom. The molecule has 2 aromatic heterocycles. The monoisotopic (exact) mass is 325 g/mol. The fourth-order valence-corrected chi connectivity index (χ4v) is 3.57. The number of benzene rings is 1. The van der Waals surface area contributed by atoms with E-state index in [0.29, 0.717) is 0 Å². The van der Waals surface area contributed by atoms with E-state index in [4.69, 9.17) is 0 Å². The van der Waals surface area contributed by atoms with Gasteiger partial charge in [0.1, 0.15) is 0 Å². The molecule has 0 unspecified atom stereocenters. The Morgan fingerprint density at radius 2 is 2.09 bits per heavy atom. The Labute approximate surface area is 139 Å². The molecule has 3 aromatic rings. The maximum atomic E-state index is 4.64. The third-order valence-electron chi connectivity index (χ3n) is 4.35. The molecule has 4 rings (SSSR count). The maximum Gasteiger partial charge on any atom is 0.0952 e. The topological polar surface area (TPSA) is 46.8 Å². The second kappa shape index (κ2) is 6.60. The van der Waals surface area contributed by atoms with Crippen molar-refractivity contribution in [3.63, 3.8) is 0 Å². The molecule has 0 bridgehead atoms. The molecule has 6 heteroatoms. The van der Waals surface area contributed by atoms with E-state index in [1.807, 2.05) is 11.7 Å². The van der Waals surface area contributed by atoms with Gasteiger partial charge in [0, 0.05) is 43.7 Å². The van der Waals surface area contributed by atoms with Crippen LogP contribution in [0.25, 0.3) is 0 Å². The lowest BCUT2D eigenvalue weighted by Crippen LogP contribution is -2.31. The van der Waals surface area contributed by atoms with Crippen molar-refractivity contribution in [1.29, 1.82) is 0 Å². The van der Waals surface area contributed by atoms with Crippen LogP contribution < -0.4 is 0 Å². The summed E-state index contributed by atoms with van der Waals surface area (Å²) in [5, 5.41) is 6.16. The average Bonchev–Trinajstić information content (AvgIpc) is 3.23. The molecular formula is C17H19N5S. The van der Waals surface area contributed by atoms with Crippen molar-refractivity contribution in [2.24, 2.45) is 0 Å². The Bertz CT molecular complexity index is 751. The lowest BCUT2D eigenvalue weighted by molar-refractivity contribution is 0.236. The molecule has 0 fully saturated rings. The van der Waals surface area contributed by atoms with Crippen molar-refractivity contribution < 1.29 is 0 Å². The third-order valence-corrected chi connectivity index (χ3v) is 4.90. The van der Waals surface area contributed by atoms with E-state index in [9.17, 15) is 0 Å². The smallest absolute Gasteiger partial charge is 0.0952 e. The Kier molecular flexibility index (Phi) is 4.17. The number of imidazole rings is 1. The minimum Gasteiger partial charge on any atom is -0.334 e. The van der Waals surface area contributed by atoms with Gasteiger partial charge in [-0.05, 0) is 23.5 Å². The molecule has 0 N–H and O–H groups in total. The summed E-state index contributed by atoms with van der Waals surface area (Å²) in [6.07, 6.45) is 4.11. The summed E-state index contributed by atoms with van der Waals surface area (Å²) < 4.78 is 6.26. The standard InChI is InChI=1S/C17H19N5S/c1-2-4-14(5-3-1)6-9-22-13-18-16-11-21(8-7-17(16)22)10-15-12-23-20-19-15/h1-5,12-13H,6-11H2. The molecule has 118 valence electrons. The first-order chi connectivity index (χ1) is 11.4. The highest BCUT2D eigenvalue weighted by atomic mass is 32.1. The zero-order valence-corrected chi connectivity index (χ0v) is 13.7. The van der Waals surface area contributed by atoms with Gasteiger partial charge in [0.2, 0.25) is 0 Å². The molecule has 3 heterocycles. The lowest BCUT2D eigenvalue weighted by atomic mass is 10.1. The molecule has 0 radical (unpaired) electrons. The molecular weight excluding hydrogens is 306 g/mol. The highest BCUT2D eigenvalue weighted by molar-refractivity contribution is 7.03. The number of hydrogen-bond donors (Lipinski definition) is 0. The van der Waals surface area contributed by atoms with Gasteiger partial charge < -0.3 is 4.57 Å². The van der Waals surface area contributed by atoms with Gasteiger partial charge in [-0.25, -0.2) is 4.98 Å². The molecule has 1 aromatic carbocycles. The van der Waals surface area contributed by atoms with E-state index in [1.165, 1.54) is 28.5 Å². The number of nitrogens with zero attached hydrogens (tertiary/aromatic N) is 5. The van der Waals surface area contributed by atoms with Crippen molar-refractivity contribution in [2.75, 3.05) is 6.54 Å². The average molecular weight is 325 g/mol. The predicted molar refractivity (Wildman–Crippen MR) is 90.1 cm³/mol. The zero-order chi connectivity index (χ0) is 15.5. The van der Waals surface area contributed by atoms with E-state index in [-0.39, 0.29) is 0 Å². The van der Waals surface area contributed by atoms with Crippen LogP contribution in [0.4, 0.5) is 0 Å². The van der Waals surface area contributed by atoms with Crippen LogP contribution >= 0.6 is 11.5 Å². The first-order valence-corrected chi connectivity index (χ1v) is 8.77. The first kappa shape index (κ1) is 14.5. The summed E-state index contributed by atoms with van der Waals surface area (Å²) in [6.45, 7) is 3.84. The van der Waals surface area contributed by atoms with Gasteiger partial charge in [-0.15, -0.1) is 5.10 Å². The molecule has 0 atom stereocenters. The second-order valence-corrected chi connectivity index (χ2v) is 6.53. The summed E-state index contributed by atoms with van der Waals surface area (Å²) in [4.78, 5) is 7.03. The largest absolute Gasteiger partial charge is 0.334 e. The molecule has 1 aliphatic rings. The van der Waals surface area contributed by atoms with E-state index in [0.717, 1.165) is 44.7 Å². The molecule has 0 spiro atoms. The summed E-state index contributed by atoms with van der Waals surface area (Å²) >= 11 is 1.41. The van der Waals surface area contributed by atoms with E-state index in [1.54, 1.807) is 0 Å². The van der Waals surface area contributed by atoms with Crippen LogP contribution in [0.2, 0.25) is 0 Å².